The molecule has 4 rings (SSSR count). The Kier molecular flexibility index (Phi) is 7.88. The highest BCUT2D eigenvalue weighted by Crippen LogP contribution is 2.40. The van der Waals surface area contributed by atoms with Crippen molar-refractivity contribution in [3.8, 4) is 17.2 Å². The zero-order valence-electron chi connectivity index (χ0n) is 19.0. The van der Waals surface area contributed by atoms with Crippen LogP contribution in [0.3, 0.4) is 0 Å². The monoisotopic (exact) mass is 499 g/mol. The van der Waals surface area contributed by atoms with Crippen molar-refractivity contribution >= 4 is 40.7 Å². The molecule has 0 aliphatic carbocycles. The van der Waals surface area contributed by atoms with Crippen molar-refractivity contribution in [2.75, 3.05) is 26.1 Å². The van der Waals surface area contributed by atoms with Gasteiger partial charge >= 0.3 is 0 Å². The molecule has 11 heteroatoms. The van der Waals surface area contributed by atoms with Gasteiger partial charge in [0.1, 0.15) is 27.5 Å². The second-order valence-corrected chi connectivity index (χ2v) is 8.72. The topological polar surface area (TPSA) is 95.6 Å². The van der Waals surface area contributed by atoms with E-state index in [9.17, 15) is 0 Å². The Balaban J connectivity index is 1.54. The van der Waals surface area contributed by atoms with Gasteiger partial charge in [0.05, 0.1) is 34.1 Å². The summed E-state index contributed by atoms with van der Waals surface area (Å²) in [5, 5.41) is 11.2. The maximum absolute atomic E-state index is 5.67. The molecule has 0 spiro atoms. The van der Waals surface area contributed by atoms with Crippen LogP contribution >= 0.6 is 23.9 Å². The van der Waals surface area contributed by atoms with E-state index in [2.05, 4.69) is 26.3 Å². The Morgan fingerprint density at radius 1 is 1.09 bits per heavy atom. The van der Waals surface area contributed by atoms with Crippen LogP contribution in [0.25, 0.3) is 11.0 Å². The van der Waals surface area contributed by atoms with Gasteiger partial charge in [0, 0.05) is 18.3 Å². The molecule has 0 radical (unpaired) electrons. The molecule has 0 unspecified atom stereocenters. The van der Waals surface area contributed by atoms with Gasteiger partial charge in [0.15, 0.2) is 11.4 Å². The molecule has 4 aromatic rings. The molecule has 0 saturated heterocycles. The summed E-state index contributed by atoms with van der Waals surface area (Å²) in [5.41, 5.74) is 2.67. The van der Waals surface area contributed by atoms with Crippen molar-refractivity contribution in [2.45, 2.75) is 18.0 Å². The molecular formula is C23H25N5O4S2. The number of nitrogens with one attached hydrogen (secondary N) is 2. The van der Waals surface area contributed by atoms with Crippen LogP contribution in [0.4, 0.5) is 5.82 Å². The van der Waals surface area contributed by atoms with Crippen molar-refractivity contribution in [1.82, 2.24) is 19.7 Å². The zero-order chi connectivity index (χ0) is 23.9. The number of hydrogen-bond donors (Lipinski definition) is 2. The first-order valence-electron chi connectivity index (χ1n) is 10.3. The largest absolute Gasteiger partial charge is 0.496 e. The Labute approximate surface area is 206 Å². The lowest BCUT2D eigenvalue weighted by Gasteiger charge is -2.12. The summed E-state index contributed by atoms with van der Waals surface area (Å²) >= 11 is 2.78. The van der Waals surface area contributed by atoms with E-state index < -0.39 is 0 Å². The number of hydrogen-bond acceptors (Lipinski definition) is 10. The molecule has 9 nitrogen and oxygen atoms in total. The van der Waals surface area contributed by atoms with Crippen LogP contribution in [-0.4, -0.2) is 36.3 Å². The fraction of sp³-hybridized carbons (Fsp3) is 0.217. The summed E-state index contributed by atoms with van der Waals surface area (Å²) in [4.78, 5) is 0.801. The minimum Gasteiger partial charge on any atom is -0.496 e. The Morgan fingerprint density at radius 2 is 1.85 bits per heavy atom. The Morgan fingerprint density at radius 3 is 2.56 bits per heavy atom. The second-order valence-electron chi connectivity index (χ2n) is 7.05. The van der Waals surface area contributed by atoms with Gasteiger partial charge in [-0.3, -0.25) is 9.40 Å². The number of fused-ring (bicyclic) bond motifs is 1. The van der Waals surface area contributed by atoms with E-state index in [1.54, 1.807) is 26.7 Å². The van der Waals surface area contributed by atoms with Crippen molar-refractivity contribution in [2.24, 2.45) is 0 Å². The molecule has 0 amide bonds. The molecule has 0 atom stereocenters. The van der Waals surface area contributed by atoms with Gasteiger partial charge in [-0.1, -0.05) is 29.7 Å². The van der Waals surface area contributed by atoms with Crippen LogP contribution in [0.15, 0.2) is 64.1 Å². The summed E-state index contributed by atoms with van der Waals surface area (Å²) in [7, 11) is 4.86. The normalized spacial score (nSPS) is 10.9. The molecule has 2 aromatic carbocycles. The molecular weight excluding hydrogens is 474 g/mol. The first-order valence-corrected chi connectivity index (χ1v) is 12.0. The summed E-state index contributed by atoms with van der Waals surface area (Å²) in [6, 6.07) is 9.52. The van der Waals surface area contributed by atoms with E-state index in [4.69, 9.17) is 18.7 Å². The van der Waals surface area contributed by atoms with E-state index in [-0.39, 0.29) is 0 Å². The van der Waals surface area contributed by atoms with Crippen LogP contribution < -0.4 is 23.7 Å². The Hall–Kier alpha value is -3.28. The van der Waals surface area contributed by atoms with Crippen molar-refractivity contribution < 1.29 is 18.7 Å². The third kappa shape index (κ3) is 5.27. The third-order valence-corrected chi connectivity index (χ3v) is 6.30. The molecule has 0 aliphatic heterocycles. The second kappa shape index (κ2) is 11.2. The fourth-order valence-corrected chi connectivity index (χ4v) is 4.59. The maximum Gasteiger partial charge on any atom is 0.191 e. The maximum atomic E-state index is 5.67. The lowest BCUT2D eigenvalue weighted by atomic mass is 10.1. The number of anilines is 1. The number of rotatable bonds is 12. The number of methoxy groups -OCH3 is 3. The Bertz CT molecular complexity index is 1250. The van der Waals surface area contributed by atoms with Crippen LogP contribution in [0.2, 0.25) is 0 Å². The molecule has 0 fully saturated rings. The highest BCUT2D eigenvalue weighted by molar-refractivity contribution is 8.00. The first kappa shape index (κ1) is 23.9. The van der Waals surface area contributed by atoms with Crippen molar-refractivity contribution in [3.05, 3.63) is 65.8 Å². The molecule has 0 aliphatic rings. The van der Waals surface area contributed by atoms with E-state index in [1.165, 1.54) is 23.9 Å². The molecule has 0 saturated carbocycles. The van der Waals surface area contributed by atoms with Gasteiger partial charge in [-0.25, -0.2) is 0 Å². The molecule has 178 valence electrons. The predicted molar refractivity (Wildman–Crippen MR) is 136 cm³/mol. The fourth-order valence-electron chi connectivity index (χ4n) is 3.38. The van der Waals surface area contributed by atoms with E-state index in [0.29, 0.717) is 41.7 Å². The third-order valence-electron chi connectivity index (χ3n) is 4.92. The average molecular weight is 500 g/mol. The minimum absolute atomic E-state index is 0.545. The van der Waals surface area contributed by atoms with Crippen LogP contribution in [0.1, 0.15) is 11.1 Å². The van der Waals surface area contributed by atoms with Gasteiger partial charge in [-0.15, -0.1) is 0 Å². The average Bonchev–Trinajstić information content (AvgIpc) is 3.48. The van der Waals surface area contributed by atoms with Crippen LogP contribution in [0.5, 0.6) is 17.2 Å². The number of ether oxygens (including phenoxy) is 3. The van der Waals surface area contributed by atoms with Crippen LogP contribution in [0, 0.1) is 0 Å². The predicted octanol–water partition coefficient (Wildman–Crippen LogP) is 5.10. The number of nitrogens with zero attached hydrogens (tertiary/aromatic N) is 3. The summed E-state index contributed by atoms with van der Waals surface area (Å²) in [6.07, 6.45) is 3.84. The van der Waals surface area contributed by atoms with Gasteiger partial charge in [-0.2, -0.15) is 5.10 Å². The molecule has 2 aromatic heterocycles. The van der Waals surface area contributed by atoms with Gasteiger partial charge in [0.25, 0.3) is 0 Å². The van der Waals surface area contributed by atoms with Crippen molar-refractivity contribution in [3.63, 3.8) is 0 Å². The van der Waals surface area contributed by atoms with Gasteiger partial charge in [0.2, 0.25) is 0 Å². The molecule has 2 heterocycles. The lowest BCUT2D eigenvalue weighted by Crippen LogP contribution is -2.02. The quantitative estimate of drug-likeness (QED) is 0.202. The lowest BCUT2D eigenvalue weighted by molar-refractivity contribution is 0.376. The van der Waals surface area contributed by atoms with E-state index in [0.717, 1.165) is 21.4 Å². The summed E-state index contributed by atoms with van der Waals surface area (Å²) in [5.74, 6) is 2.58. The smallest absolute Gasteiger partial charge is 0.191 e. The minimum atomic E-state index is 0.545. The summed E-state index contributed by atoms with van der Waals surface area (Å²) < 4.78 is 30.5. The standard InChI is InChI=1S/C23H25N5O4S2/c1-5-33-25-12-16-11-24-28(14-16)13-15-9-19(31-4)21-20(10-15)32-26-23(21)27-34-22-17(29-2)7-6-8-18(22)30-3/h5-11,14,25H,1,12-13H2,2-4H3,(H,26,27). The molecule has 0 bridgehead atoms. The molecule has 34 heavy (non-hydrogen) atoms. The van der Waals surface area contributed by atoms with Gasteiger partial charge in [-0.05, 0) is 47.2 Å². The van der Waals surface area contributed by atoms with Crippen molar-refractivity contribution in [1.29, 1.82) is 0 Å². The molecule has 2 N–H and O–H groups in total. The number of aromatic nitrogens is 3. The van der Waals surface area contributed by atoms with Gasteiger partial charge < -0.3 is 23.5 Å². The van der Waals surface area contributed by atoms with E-state index >= 15 is 0 Å². The van der Waals surface area contributed by atoms with Crippen LogP contribution in [-0.2, 0) is 13.1 Å². The highest BCUT2D eigenvalue weighted by atomic mass is 32.2. The zero-order valence-corrected chi connectivity index (χ0v) is 20.7. The SMILES string of the molecule is C=CSNCc1cnn(Cc2cc(OC)c3c(NSc4c(OC)cccc4OC)noc3c2)c1. The highest BCUT2D eigenvalue weighted by Gasteiger charge is 2.18. The first-order chi connectivity index (χ1) is 16.7. The van der Waals surface area contributed by atoms with E-state index in [1.807, 2.05) is 47.4 Å². The number of benzene rings is 2. The summed E-state index contributed by atoms with van der Waals surface area (Å²) in [6.45, 7) is 4.94.